The maximum absolute atomic E-state index is 12.8. The number of carbonyl (C=O) groups excluding carboxylic acids is 1. The van der Waals surface area contributed by atoms with Gasteiger partial charge in [-0.1, -0.05) is 37.3 Å². The molecule has 1 N–H and O–H groups in total. The summed E-state index contributed by atoms with van der Waals surface area (Å²) in [4.78, 5) is 39.7. The van der Waals surface area contributed by atoms with Crippen LogP contribution in [0.3, 0.4) is 0 Å². The molecule has 168 valence electrons. The van der Waals surface area contributed by atoms with Crippen LogP contribution in [0.25, 0.3) is 10.2 Å². The van der Waals surface area contributed by atoms with Crippen LogP contribution in [0, 0.1) is 5.92 Å². The van der Waals surface area contributed by atoms with Gasteiger partial charge in [0.2, 0.25) is 5.91 Å². The van der Waals surface area contributed by atoms with Gasteiger partial charge in [-0.2, -0.15) is 0 Å². The predicted octanol–water partition coefficient (Wildman–Crippen LogP) is 3.39. The number of nitrogens with zero attached hydrogens (tertiary/aromatic N) is 3. The van der Waals surface area contributed by atoms with E-state index in [0.29, 0.717) is 24.6 Å². The van der Waals surface area contributed by atoms with Crippen LogP contribution in [0.2, 0.25) is 0 Å². The molecule has 1 amide bonds. The van der Waals surface area contributed by atoms with Gasteiger partial charge in [-0.15, -0.1) is 11.3 Å². The van der Waals surface area contributed by atoms with Gasteiger partial charge in [0.1, 0.15) is 10.7 Å². The van der Waals surface area contributed by atoms with Crippen molar-refractivity contribution >= 4 is 27.5 Å². The first-order chi connectivity index (χ1) is 15.6. The predicted molar refractivity (Wildman–Crippen MR) is 128 cm³/mol. The Balaban J connectivity index is 1.18. The number of hydrogen-bond donors (Lipinski definition) is 1. The van der Waals surface area contributed by atoms with E-state index < -0.39 is 0 Å². The zero-order chi connectivity index (χ0) is 22.1. The van der Waals surface area contributed by atoms with Crippen molar-refractivity contribution in [1.82, 2.24) is 19.8 Å². The van der Waals surface area contributed by atoms with Gasteiger partial charge in [-0.05, 0) is 36.3 Å². The van der Waals surface area contributed by atoms with Gasteiger partial charge < -0.3 is 9.88 Å². The van der Waals surface area contributed by atoms with Crippen LogP contribution in [-0.4, -0.2) is 51.9 Å². The van der Waals surface area contributed by atoms with Crippen LogP contribution >= 0.6 is 11.3 Å². The molecule has 6 nitrogen and oxygen atoms in total. The molecule has 5 rings (SSSR count). The summed E-state index contributed by atoms with van der Waals surface area (Å²) >= 11 is 1.66. The first-order valence-electron chi connectivity index (χ1n) is 11.6. The lowest BCUT2D eigenvalue weighted by Crippen LogP contribution is -2.48. The Morgan fingerprint density at radius 1 is 1.19 bits per heavy atom. The minimum atomic E-state index is -0.0426. The Kier molecular flexibility index (Phi) is 6.11. The number of hydrogen-bond acceptors (Lipinski definition) is 5. The van der Waals surface area contributed by atoms with Crippen LogP contribution in [-0.2, 0) is 30.6 Å². The number of aromatic nitrogens is 2. The van der Waals surface area contributed by atoms with Crippen LogP contribution in [0.1, 0.15) is 41.6 Å². The van der Waals surface area contributed by atoms with Gasteiger partial charge in [0.15, 0.2) is 0 Å². The minimum Gasteiger partial charge on any atom is -0.340 e. The fourth-order valence-electron chi connectivity index (χ4n) is 4.89. The van der Waals surface area contributed by atoms with Crippen LogP contribution in [0.15, 0.2) is 35.1 Å². The first kappa shape index (κ1) is 21.3. The monoisotopic (exact) mass is 450 g/mol. The second-order valence-corrected chi connectivity index (χ2v) is 10.3. The van der Waals surface area contributed by atoms with E-state index >= 15 is 0 Å². The smallest absolute Gasteiger partial charge is 0.259 e. The van der Waals surface area contributed by atoms with Crippen LogP contribution in [0.4, 0.5) is 0 Å². The van der Waals surface area contributed by atoms with Crippen molar-refractivity contribution in [2.45, 2.75) is 45.6 Å². The molecule has 1 atom stereocenters. The van der Waals surface area contributed by atoms with Crippen LogP contribution in [0.5, 0.6) is 0 Å². The Bertz CT molecular complexity index is 1160. The number of piperazine rings is 1. The van der Waals surface area contributed by atoms with Crippen molar-refractivity contribution in [2.75, 3.05) is 26.2 Å². The van der Waals surface area contributed by atoms with Crippen molar-refractivity contribution in [2.24, 2.45) is 5.92 Å². The molecule has 2 aromatic heterocycles. The minimum absolute atomic E-state index is 0.0426. The lowest BCUT2D eigenvalue weighted by Gasteiger charge is -2.34. The molecule has 3 aromatic rings. The van der Waals surface area contributed by atoms with Crippen molar-refractivity contribution in [1.29, 1.82) is 0 Å². The molecular weight excluding hydrogens is 420 g/mol. The number of H-pyrrole nitrogens is 1. The number of rotatable bonds is 5. The molecule has 0 bridgehead atoms. The summed E-state index contributed by atoms with van der Waals surface area (Å²) in [5.41, 5.74) is 2.47. The van der Waals surface area contributed by atoms with Gasteiger partial charge >= 0.3 is 0 Å². The second kappa shape index (κ2) is 9.16. The van der Waals surface area contributed by atoms with Gasteiger partial charge in [-0.3, -0.25) is 14.5 Å². The number of aryl methyl sites for hydroxylation is 2. The Morgan fingerprint density at radius 2 is 1.97 bits per heavy atom. The molecule has 1 aliphatic carbocycles. The number of nitrogens with one attached hydrogen (secondary N) is 1. The van der Waals surface area contributed by atoms with E-state index in [0.717, 1.165) is 62.2 Å². The quantitative estimate of drug-likeness (QED) is 0.647. The SMILES string of the molecule is CC1CCc2c(sc3nc(CCC(=O)N4CCN(Cc5ccccc5)CC4)[nH]c(=O)c23)C1. The Morgan fingerprint density at radius 3 is 2.75 bits per heavy atom. The Hall–Kier alpha value is -2.51. The van der Waals surface area contributed by atoms with Gasteiger partial charge in [0.05, 0.1) is 5.39 Å². The summed E-state index contributed by atoms with van der Waals surface area (Å²) in [6.07, 6.45) is 4.00. The molecule has 7 heteroatoms. The third kappa shape index (κ3) is 4.50. The molecular formula is C25H30N4O2S. The molecule has 3 heterocycles. The highest BCUT2D eigenvalue weighted by molar-refractivity contribution is 7.18. The normalized spacial score (nSPS) is 19.3. The fraction of sp³-hybridized carbons (Fsp3) is 0.480. The van der Waals surface area contributed by atoms with E-state index in [4.69, 9.17) is 4.98 Å². The van der Waals surface area contributed by atoms with Crippen LogP contribution < -0.4 is 5.56 Å². The first-order valence-corrected chi connectivity index (χ1v) is 12.5. The summed E-state index contributed by atoms with van der Waals surface area (Å²) in [6.45, 7) is 6.48. The summed E-state index contributed by atoms with van der Waals surface area (Å²) in [5.74, 6) is 1.44. The molecule has 1 aromatic carbocycles. The standard InChI is InChI=1S/C25H30N4O2S/c1-17-7-8-19-20(15-17)32-25-23(19)24(31)26-21(27-25)9-10-22(30)29-13-11-28(12-14-29)16-18-5-3-2-4-6-18/h2-6,17H,7-16H2,1H3,(H,26,27,31). The molecule has 32 heavy (non-hydrogen) atoms. The molecule has 1 fully saturated rings. The number of thiophene rings is 1. The molecule has 1 aliphatic heterocycles. The summed E-state index contributed by atoms with van der Waals surface area (Å²) < 4.78 is 0. The van der Waals surface area contributed by atoms with Crippen molar-refractivity contribution in [3.63, 3.8) is 0 Å². The number of fused-ring (bicyclic) bond motifs is 3. The molecule has 0 saturated carbocycles. The van der Waals surface area contributed by atoms with E-state index in [1.54, 1.807) is 11.3 Å². The highest BCUT2D eigenvalue weighted by atomic mass is 32.1. The molecule has 1 unspecified atom stereocenters. The van der Waals surface area contributed by atoms with Gasteiger partial charge in [-0.25, -0.2) is 4.98 Å². The summed E-state index contributed by atoms with van der Waals surface area (Å²) in [7, 11) is 0. The maximum atomic E-state index is 12.8. The van der Waals surface area contributed by atoms with E-state index in [9.17, 15) is 9.59 Å². The number of aromatic amines is 1. The molecule has 1 saturated heterocycles. The average molecular weight is 451 g/mol. The van der Waals surface area contributed by atoms with Gasteiger partial charge in [0.25, 0.3) is 5.56 Å². The van der Waals surface area contributed by atoms with Crippen molar-refractivity contribution in [3.05, 3.63) is 62.5 Å². The zero-order valence-electron chi connectivity index (χ0n) is 18.6. The van der Waals surface area contributed by atoms with Crippen molar-refractivity contribution in [3.8, 4) is 0 Å². The lowest BCUT2D eigenvalue weighted by atomic mass is 9.89. The van der Waals surface area contributed by atoms with E-state index in [-0.39, 0.29) is 11.5 Å². The van der Waals surface area contributed by atoms with E-state index in [1.165, 1.54) is 16.0 Å². The largest absolute Gasteiger partial charge is 0.340 e. The van der Waals surface area contributed by atoms with E-state index in [2.05, 4.69) is 41.1 Å². The zero-order valence-corrected chi connectivity index (χ0v) is 19.4. The number of carbonyl (C=O) groups is 1. The molecule has 2 aliphatic rings. The highest BCUT2D eigenvalue weighted by Gasteiger charge is 2.24. The maximum Gasteiger partial charge on any atom is 0.259 e. The lowest BCUT2D eigenvalue weighted by molar-refractivity contribution is -0.133. The highest BCUT2D eigenvalue weighted by Crippen LogP contribution is 2.35. The third-order valence-electron chi connectivity index (χ3n) is 6.76. The third-order valence-corrected chi connectivity index (χ3v) is 7.91. The van der Waals surface area contributed by atoms with Gasteiger partial charge in [0, 0.05) is 50.4 Å². The molecule has 0 radical (unpaired) electrons. The average Bonchev–Trinajstić information content (AvgIpc) is 3.16. The summed E-state index contributed by atoms with van der Waals surface area (Å²) in [6, 6.07) is 10.5. The number of benzene rings is 1. The molecule has 0 spiro atoms. The topological polar surface area (TPSA) is 69.3 Å². The number of amides is 1. The van der Waals surface area contributed by atoms with E-state index in [1.807, 2.05) is 11.0 Å². The summed E-state index contributed by atoms with van der Waals surface area (Å²) in [5, 5.41) is 0.779. The van der Waals surface area contributed by atoms with Crippen molar-refractivity contribution < 1.29 is 4.79 Å². The second-order valence-electron chi connectivity index (χ2n) is 9.19. The Labute approximate surface area is 192 Å². The fourth-order valence-corrected chi connectivity index (χ4v) is 6.29.